The molecule has 1 amide bonds. The van der Waals surface area contributed by atoms with Gasteiger partial charge in [-0.05, 0) is 37.7 Å². The van der Waals surface area contributed by atoms with Crippen LogP contribution in [0, 0.1) is 12.8 Å². The Labute approximate surface area is 180 Å². The molecule has 4 rings (SSSR count). The Morgan fingerprint density at radius 1 is 1.34 bits per heavy atom. The summed E-state index contributed by atoms with van der Waals surface area (Å²) in [5.74, 6) is 0.265. The summed E-state index contributed by atoms with van der Waals surface area (Å²) in [5, 5.41) is 5.11. The fourth-order valence-corrected chi connectivity index (χ4v) is 6.52. The zero-order chi connectivity index (χ0) is 20.5. The molecule has 1 N–H and O–H groups in total. The summed E-state index contributed by atoms with van der Waals surface area (Å²) in [6.07, 6.45) is 4.87. The average Bonchev–Trinajstić information content (AvgIpc) is 3.25. The predicted octanol–water partition coefficient (Wildman–Crippen LogP) is 4.10. The summed E-state index contributed by atoms with van der Waals surface area (Å²) >= 11 is 4.27. The molecule has 0 radical (unpaired) electrons. The van der Waals surface area contributed by atoms with Crippen molar-refractivity contribution in [3.05, 3.63) is 27.3 Å². The lowest BCUT2D eigenvalue weighted by atomic mass is 9.89. The van der Waals surface area contributed by atoms with Gasteiger partial charge in [0.15, 0.2) is 5.13 Å². The fourth-order valence-electron chi connectivity index (χ4n) is 3.38. The lowest BCUT2D eigenvalue weighted by Gasteiger charge is -2.18. The largest absolute Gasteiger partial charge is 0.465 e. The first-order valence-electron chi connectivity index (χ1n) is 9.20. The van der Waals surface area contributed by atoms with Gasteiger partial charge in [-0.1, -0.05) is 30.0 Å². The number of aromatic nitrogens is 3. The van der Waals surface area contributed by atoms with E-state index in [-0.39, 0.29) is 11.7 Å². The van der Waals surface area contributed by atoms with E-state index >= 15 is 0 Å². The maximum absolute atomic E-state index is 12.4. The van der Waals surface area contributed by atoms with Gasteiger partial charge >= 0.3 is 5.97 Å². The molecule has 152 valence electrons. The highest BCUT2D eigenvalue weighted by molar-refractivity contribution is 8.00. The number of carbonyl (C=O) groups excluding carboxylic acids is 2. The Hall–Kier alpha value is -2.04. The molecule has 3 aromatic rings. The van der Waals surface area contributed by atoms with Crippen LogP contribution >= 0.6 is 34.4 Å². The molecule has 0 aromatic carbocycles. The van der Waals surface area contributed by atoms with E-state index in [1.54, 1.807) is 24.6 Å². The number of aryl methyl sites for hydroxylation is 2. The highest BCUT2D eigenvalue weighted by Gasteiger charge is 2.23. The molecule has 0 spiro atoms. The quantitative estimate of drug-likeness (QED) is 0.357. The first-order valence-corrected chi connectivity index (χ1v) is 11.8. The van der Waals surface area contributed by atoms with Crippen LogP contribution in [0.3, 0.4) is 0 Å². The number of hydrogen-bond acceptors (Lipinski definition) is 9. The molecule has 29 heavy (non-hydrogen) atoms. The number of amides is 1. The van der Waals surface area contributed by atoms with E-state index in [2.05, 4.69) is 27.2 Å². The van der Waals surface area contributed by atoms with Crippen molar-refractivity contribution in [2.75, 3.05) is 18.2 Å². The molecule has 0 aliphatic heterocycles. The zero-order valence-corrected chi connectivity index (χ0v) is 18.7. The van der Waals surface area contributed by atoms with Crippen molar-refractivity contribution in [2.45, 2.75) is 38.1 Å². The number of esters is 1. The van der Waals surface area contributed by atoms with Crippen LogP contribution in [-0.2, 0) is 22.4 Å². The van der Waals surface area contributed by atoms with E-state index in [4.69, 9.17) is 4.74 Å². The third-order valence-electron chi connectivity index (χ3n) is 4.81. The Morgan fingerprint density at radius 3 is 2.97 bits per heavy atom. The van der Waals surface area contributed by atoms with E-state index in [0.717, 1.165) is 39.4 Å². The molecule has 7 nitrogen and oxygen atoms in total. The number of rotatable bonds is 5. The molecule has 10 heteroatoms. The van der Waals surface area contributed by atoms with Crippen LogP contribution in [0.2, 0.25) is 0 Å². The Morgan fingerprint density at radius 2 is 2.17 bits per heavy atom. The van der Waals surface area contributed by atoms with Gasteiger partial charge in [0.05, 0.1) is 18.6 Å². The zero-order valence-electron chi connectivity index (χ0n) is 16.3. The lowest BCUT2D eigenvalue weighted by molar-refractivity contribution is -0.113. The lowest BCUT2D eigenvalue weighted by Crippen LogP contribution is -2.14. The first-order chi connectivity index (χ1) is 14.0. The van der Waals surface area contributed by atoms with Gasteiger partial charge in [0, 0.05) is 10.3 Å². The number of methoxy groups -OCH3 is 1. The van der Waals surface area contributed by atoms with Crippen LogP contribution in [0.1, 0.15) is 39.2 Å². The van der Waals surface area contributed by atoms with E-state index in [1.165, 1.54) is 35.7 Å². The van der Waals surface area contributed by atoms with E-state index in [0.29, 0.717) is 21.6 Å². The molecule has 1 aliphatic rings. The highest BCUT2D eigenvalue weighted by Crippen LogP contribution is 2.40. The van der Waals surface area contributed by atoms with Crippen molar-refractivity contribution in [1.82, 2.24) is 15.0 Å². The normalized spacial score (nSPS) is 15.9. The summed E-state index contributed by atoms with van der Waals surface area (Å²) in [6.45, 7) is 4.00. The number of thiazole rings is 1. The smallest absolute Gasteiger partial charge is 0.350 e. The van der Waals surface area contributed by atoms with Crippen molar-refractivity contribution < 1.29 is 14.3 Å². The summed E-state index contributed by atoms with van der Waals surface area (Å²) in [7, 11) is 1.32. The minimum Gasteiger partial charge on any atom is -0.465 e. The average molecular weight is 449 g/mol. The number of thiophene rings is 1. The van der Waals surface area contributed by atoms with E-state index < -0.39 is 5.97 Å². The van der Waals surface area contributed by atoms with Gasteiger partial charge in [0.1, 0.15) is 21.1 Å². The molecule has 1 atom stereocenters. The van der Waals surface area contributed by atoms with Gasteiger partial charge in [-0.3, -0.25) is 4.79 Å². The minimum atomic E-state index is -0.449. The number of thioether (sulfide) groups is 1. The second kappa shape index (κ2) is 8.37. The van der Waals surface area contributed by atoms with Crippen LogP contribution in [0.25, 0.3) is 10.2 Å². The maximum atomic E-state index is 12.4. The summed E-state index contributed by atoms with van der Waals surface area (Å²) in [6, 6.07) is 0. The monoisotopic (exact) mass is 448 g/mol. The molecule has 1 aliphatic carbocycles. The molecule has 0 unspecified atom stereocenters. The Bertz CT molecular complexity index is 1090. The topological polar surface area (TPSA) is 94.1 Å². The van der Waals surface area contributed by atoms with Gasteiger partial charge < -0.3 is 10.1 Å². The Kier molecular flexibility index (Phi) is 5.84. The third kappa shape index (κ3) is 4.15. The molecule has 0 fully saturated rings. The second-order valence-electron chi connectivity index (χ2n) is 6.97. The molecule has 0 saturated carbocycles. The number of fused-ring (bicyclic) bond motifs is 3. The summed E-state index contributed by atoms with van der Waals surface area (Å²) in [5.41, 5.74) is 1.89. The molecular weight excluding hydrogens is 428 g/mol. The van der Waals surface area contributed by atoms with Crippen LogP contribution in [0.5, 0.6) is 0 Å². The third-order valence-corrected chi connectivity index (χ3v) is 8.02. The number of nitrogens with one attached hydrogen (secondary N) is 1. The SMILES string of the molecule is COC(=O)c1sc(NC(=O)CSc2ncnc3sc4c(c23)CC[C@H](C)C4)nc1C. The molecule has 0 bridgehead atoms. The number of nitrogens with zero attached hydrogens (tertiary/aromatic N) is 3. The van der Waals surface area contributed by atoms with Crippen molar-refractivity contribution >= 4 is 61.7 Å². The standard InChI is InChI=1S/C19H20N4O3S3/c1-9-4-5-11-12(6-9)28-17-14(11)16(20-8-21-17)27-7-13(24)23-19-22-10(2)15(29-19)18(25)26-3/h8-9H,4-7H2,1-3H3,(H,22,23,24)/t9-/m0/s1. The van der Waals surface area contributed by atoms with E-state index in [9.17, 15) is 9.59 Å². The van der Waals surface area contributed by atoms with Crippen molar-refractivity contribution in [3.63, 3.8) is 0 Å². The van der Waals surface area contributed by atoms with E-state index in [1.807, 2.05) is 0 Å². The van der Waals surface area contributed by atoms with Crippen molar-refractivity contribution in [2.24, 2.45) is 5.92 Å². The number of anilines is 1. The fraction of sp³-hybridized carbons (Fsp3) is 0.421. The number of hydrogen-bond donors (Lipinski definition) is 1. The van der Waals surface area contributed by atoms with Gasteiger partial charge in [0.25, 0.3) is 0 Å². The molecule has 3 aromatic heterocycles. The van der Waals surface area contributed by atoms with Crippen molar-refractivity contribution in [1.29, 1.82) is 0 Å². The summed E-state index contributed by atoms with van der Waals surface area (Å²) < 4.78 is 4.73. The molecule has 0 saturated heterocycles. The maximum Gasteiger partial charge on any atom is 0.350 e. The van der Waals surface area contributed by atoms with Crippen molar-refractivity contribution in [3.8, 4) is 0 Å². The number of carbonyl (C=O) groups is 2. The van der Waals surface area contributed by atoms with Gasteiger partial charge in [0.2, 0.25) is 5.91 Å². The molecular formula is C19H20N4O3S3. The Balaban J connectivity index is 1.47. The highest BCUT2D eigenvalue weighted by atomic mass is 32.2. The predicted molar refractivity (Wildman–Crippen MR) is 116 cm³/mol. The van der Waals surface area contributed by atoms with Crippen LogP contribution in [0.4, 0.5) is 5.13 Å². The number of ether oxygens (including phenoxy) is 1. The van der Waals surface area contributed by atoms with Crippen LogP contribution < -0.4 is 5.32 Å². The minimum absolute atomic E-state index is 0.190. The van der Waals surface area contributed by atoms with Crippen LogP contribution in [0.15, 0.2) is 11.4 Å². The van der Waals surface area contributed by atoms with Gasteiger partial charge in [-0.2, -0.15) is 0 Å². The van der Waals surface area contributed by atoms with Gasteiger partial charge in [-0.15, -0.1) is 11.3 Å². The van der Waals surface area contributed by atoms with Crippen LogP contribution in [-0.4, -0.2) is 39.7 Å². The van der Waals surface area contributed by atoms with Gasteiger partial charge in [-0.25, -0.2) is 19.7 Å². The molecule has 3 heterocycles. The first kappa shape index (κ1) is 20.2. The summed E-state index contributed by atoms with van der Waals surface area (Å²) in [4.78, 5) is 40.0. The second-order valence-corrected chi connectivity index (χ2v) is 10.0.